The van der Waals surface area contributed by atoms with Crippen molar-refractivity contribution in [2.24, 2.45) is 16.1 Å². The van der Waals surface area contributed by atoms with E-state index in [-0.39, 0.29) is 11.2 Å². The summed E-state index contributed by atoms with van der Waals surface area (Å²) in [6, 6.07) is 0. The van der Waals surface area contributed by atoms with Crippen molar-refractivity contribution in [3.63, 3.8) is 0 Å². The molecule has 0 amide bonds. The number of hydrogen-bond donors (Lipinski definition) is 2. The second kappa shape index (κ2) is 6.05. The summed E-state index contributed by atoms with van der Waals surface area (Å²) in [5.74, 6) is -0.0791. The number of allylic oxidation sites excluding steroid dienone is 6. The molecule has 2 aliphatic carbocycles. The van der Waals surface area contributed by atoms with Crippen molar-refractivity contribution in [1.82, 2.24) is 5.32 Å². The van der Waals surface area contributed by atoms with Crippen molar-refractivity contribution in [2.45, 2.75) is 25.7 Å². The van der Waals surface area contributed by atoms with Crippen molar-refractivity contribution in [2.75, 3.05) is 13.1 Å². The zero-order chi connectivity index (χ0) is 15.6. The Balaban J connectivity index is 1.99. The Morgan fingerprint density at radius 1 is 1.32 bits per heavy atom. The van der Waals surface area contributed by atoms with Gasteiger partial charge in [-0.1, -0.05) is 11.6 Å². The molecule has 1 saturated heterocycles. The van der Waals surface area contributed by atoms with Gasteiger partial charge in [-0.05, 0) is 55.8 Å². The van der Waals surface area contributed by atoms with Crippen LogP contribution >= 0.6 is 0 Å². The normalized spacial score (nSPS) is 32.1. The second-order valence-electron chi connectivity index (χ2n) is 6.09. The van der Waals surface area contributed by atoms with Crippen LogP contribution in [0.1, 0.15) is 25.7 Å². The van der Waals surface area contributed by atoms with Gasteiger partial charge in [0, 0.05) is 24.1 Å². The lowest BCUT2D eigenvalue weighted by molar-refractivity contribution is 0.366. The standard InChI is InChI=1S/C18H22FN3/c1-2-18-10-13(11-20)17(9-14(18)7-8-21-12-18)22-16-5-3-15(19)4-6-16/h2-3,5,9,11,21H,1,4,6-8,10,12,20H2. The Bertz CT molecular complexity index is 637. The fourth-order valence-electron chi connectivity index (χ4n) is 3.35. The van der Waals surface area contributed by atoms with Crippen LogP contribution in [0, 0.1) is 5.41 Å². The van der Waals surface area contributed by atoms with Crippen LogP contribution in [-0.4, -0.2) is 18.8 Å². The van der Waals surface area contributed by atoms with Crippen molar-refractivity contribution in [1.29, 1.82) is 0 Å². The first-order valence-electron chi connectivity index (χ1n) is 7.77. The molecule has 0 aromatic heterocycles. The van der Waals surface area contributed by atoms with Crippen LogP contribution < -0.4 is 11.1 Å². The second-order valence-corrected chi connectivity index (χ2v) is 6.09. The zero-order valence-corrected chi connectivity index (χ0v) is 12.7. The quantitative estimate of drug-likeness (QED) is 0.769. The molecule has 0 radical (unpaired) electrons. The summed E-state index contributed by atoms with van der Waals surface area (Å²) < 4.78 is 13.1. The predicted octanol–water partition coefficient (Wildman–Crippen LogP) is 3.30. The smallest absolute Gasteiger partial charge is 0.100 e. The van der Waals surface area contributed by atoms with Crippen LogP contribution in [0.25, 0.3) is 0 Å². The van der Waals surface area contributed by atoms with Gasteiger partial charge < -0.3 is 11.1 Å². The SMILES string of the molecule is C=CC12CNCCC1=CC(=NC1=CC=C(F)CC1)C(=CN)C2. The van der Waals surface area contributed by atoms with Gasteiger partial charge in [-0.15, -0.1) is 6.58 Å². The minimum atomic E-state index is -0.0791. The van der Waals surface area contributed by atoms with Gasteiger partial charge in [0.15, 0.2) is 0 Å². The molecule has 4 heteroatoms. The maximum absolute atomic E-state index is 13.1. The summed E-state index contributed by atoms with van der Waals surface area (Å²) in [5, 5.41) is 3.44. The highest BCUT2D eigenvalue weighted by Crippen LogP contribution is 2.43. The van der Waals surface area contributed by atoms with E-state index in [0.717, 1.165) is 42.9 Å². The fourth-order valence-corrected chi connectivity index (χ4v) is 3.35. The van der Waals surface area contributed by atoms with E-state index in [1.54, 1.807) is 12.3 Å². The van der Waals surface area contributed by atoms with E-state index < -0.39 is 0 Å². The first-order valence-corrected chi connectivity index (χ1v) is 7.77. The van der Waals surface area contributed by atoms with E-state index >= 15 is 0 Å². The van der Waals surface area contributed by atoms with Gasteiger partial charge >= 0.3 is 0 Å². The van der Waals surface area contributed by atoms with Crippen LogP contribution in [0.2, 0.25) is 0 Å². The molecule has 116 valence electrons. The van der Waals surface area contributed by atoms with Crippen molar-refractivity contribution in [3.05, 3.63) is 59.8 Å². The minimum absolute atomic E-state index is 0.0462. The zero-order valence-electron chi connectivity index (χ0n) is 12.7. The molecule has 1 fully saturated rings. The van der Waals surface area contributed by atoms with E-state index in [4.69, 9.17) is 10.7 Å². The average molecular weight is 299 g/mol. The van der Waals surface area contributed by atoms with Crippen LogP contribution in [-0.2, 0) is 0 Å². The molecule has 3 N–H and O–H groups in total. The number of hydrogen-bond acceptors (Lipinski definition) is 3. The molecule has 0 bridgehead atoms. The number of aliphatic imine (C=N–C) groups is 1. The van der Waals surface area contributed by atoms with E-state index in [2.05, 4.69) is 18.0 Å². The van der Waals surface area contributed by atoms with Crippen molar-refractivity contribution in [3.8, 4) is 0 Å². The minimum Gasteiger partial charge on any atom is -0.404 e. The van der Waals surface area contributed by atoms with E-state index in [1.165, 1.54) is 11.6 Å². The van der Waals surface area contributed by atoms with Crippen LogP contribution in [0.5, 0.6) is 0 Å². The molecule has 0 saturated carbocycles. The van der Waals surface area contributed by atoms with Gasteiger partial charge in [0.1, 0.15) is 5.83 Å². The van der Waals surface area contributed by atoms with Gasteiger partial charge in [0.25, 0.3) is 0 Å². The molecule has 3 rings (SSSR count). The number of nitrogens with two attached hydrogens (primary N) is 1. The van der Waals surface area contributed by atoms with Crippen molar-refractivity contribution < 1.29 is 4.39 Å². The fraction of sp³-hybridized carbons (Fsp3) is 0.389. The van der Waals surface area contributed by atoms with Crippen LogP contribution in [0.15, 0.2) is 64.7 Å². The number of nitrogens with zero attached hydrogens (tertiary/aromatic N) is 1. The Morgan fingerprint density at radius 2 is 2.18 bits per heavy atom. The lowest BCUT2D eigenvalue weighted by atomic mass is 9.67. The first kappa shape index (κ1) is 15.0. The number of rotatable bonds is 2. The molecule has 0 aromatic rings. The molecule has 1 heterocycles. The van der Waals surface area contributed by atoms with E-state index in [0.29, 0.717) is 12.8 Å². The maximum atomic E-state index is 13.1. The molecule has 1 unspecified atom stereocenters. The Hall–Kier alpha value is -1.94. The predicted molar refractivity (Wildman–Crippen MR) is 89.0 cm³/mol. The highest BCUT2D eigenvalue weighted by atomic mass is 19.1. The molecular weight excluding hydrogens is 277 g/mol. The Morgan fingerprint density at radius 3 is 2.86 bits per heavy atom. The van der Waals surface area contributed by atoms with Crippen LogP contribution in [0.3, 0.4) is 0 Å². The molecule has 3 aliphatic rings. The molecule has 22 heavy (non-hydrogen) atoms. The van der Waals surface area contributed by atoms with Gasteiger partial charge in [-0.2, -0.15) is 0 Å². The van der Waals surface area contributed by atoms with Gasteiger partial charge in [-0.3, -0.25) is 4.99 Å². The van der Waals surface area contributed by atoms with Crippen LogP contribution in [0.4, 0.5) is 4.39 Å². The van der Waals surface area contributed by atoms with E-state index in [1.807, 2.05) is 6.08 Å². The highest BCUT2D eigenvalue weighted by Gasteiger charge is 2.38. The van der Waals surface area contributed by atoms with Gasteiger partial charge in [-0.25, -0.2) is 4.39 Å². The lowest BCUT2D eigenvalue weighted by Crippen LogP contribution is -2.43. The van der Waals surface area contributed by atoms with Gasteiger partial charge in [0.2, 0.25) is 0 Å². The Labute approximate surface area is 130 Å². The van der Waals surface area contributed by atoms with Crippen molar-refractivity contribution >= 4 is 5.71 Å². The van der Waals surface area contributed by atoms with Gasteiger partial charge in [0.05, 0.1) is 5.71 Å². The molecule has 0 aromatic carbocycles. The molecule has 0 spiro atoms. The average Bonchev–Trinajstić information content (AvgIpc) is 2.56. The summed E-state index contributed by atoms with van der Waals surface area (Å²) in [6.07, 6.45) is 12.0. The molecule has 1 atom stereocenters. The number of nitrogens with one attached hydrogen (secondary N) is 1. The lowest BCUT2D eigenvalue weighted by Gasteiger charge is -2.41. The van der Waals surface area contributed by atoms with E-state index in [9.17, 15) is 4.39 Å². The number of fused-ring (bicyclic) bond motifs is 1. The number of piperidine rings is 1. The Kier molecular flexibility index (Phi) is 4.12. The summed E-state index contributed by atoms with van der Waals surface area (Å²) in [4.78, 5) is 4.73. The summed E-state index contributed by atoms with van der Waals surface area (Å²) in [6.45, 7) is 5.90. The molecule has 3 nitrogen and oxygen atoms in total. The largest absolute Gasteiger partial charge is 0.404 e. The number of halogens is 1. The highest BCUT2D eigenvalue weighted by molar-refractivity contribution is 6.10. The molecular formula is C18H22FN3. The first-order chi connectivity index (χ1) is 10.7. The third-order valence-corrected chi connectivity index (χ3v) is 4.73. The summed E-state index contributed by atoms with van der Waals surface area (Å²) in [5.41, 5.74) is 10.0. The summed E-state index contributed by atoms with van der Waals surface area (Å²) in [7, 11) is 0. The third-order valence-electron chi connectivity index (χ3n) is 4.73. The third kappa shape index (κ3) is 2.71. The molecule has 1 aliphatic heterocycles. The summed E-state index contributed by atoms with van der Waals surface area (Å²) >= 11 is 0. The maximum Gasteiger partial charge on any atom is 0.100 e. The topological polar surface area (TPSA) is 50.4 Å². The monoisotopic (exact) mass is 299 g/mol.